The topological polar surface area (TPSA) is 61.8 Å². The first kappa shape index (κ1) is 14.6. The average molecular weight is 311 g/mol. The van der Waals surface area contributed by atoms with E-state index in [1.807, 2.05) is 13.1 Å². The van der Waals surface area contributed by atoms with Crippen molar-refractivity contribution in [2.75, 3.05) is 37.0 Å². The molecule has 0 spiro atoms. The molecule has 6 heteroatoms. The summed E-state index contributed by atoms with van der Waals surface area (Å²) in [6, 6.07) is 3.50. The zero-order valence-electron chi connectivity index (χ0n) is 11.9. The van der Waals surface area contributed by atoms with Crippen molar-refractivity contribution in [2.45, 2.75) is 18.9 Å². The Morgan fingerprint density at radius 1 is 1.52 bits per heavy atom. The molecule has 1 fully saturated rings. The number of ether oxygens (including phenoxy) is 1. The molecule has 0 bridgehead atoms. The molecule has 0 saturated carbocycles. The minimum absolute atomic E-state index is 0.401. The molecule has 5 nitrogen and oxygen atoms in total. The number of rotatable bonds is 3. The van der Waals surface area contributed by atoms with Crippen molar-refractivity contribution in [3.63, 3.8) is 0 Å². The number of aliphatic hydroxyl groups is 1. The summed E-state index contributed by atoms with van der Waals surface area (Å²) in [6.07, 6.45) is 1.13. The van der Waals surface area contributed by atoms with E-state index >= 15 is 0 Å². The van der Waals surface area contributed by atoms with Crippen molar-refractivity contribution >= 4 is 28.9 Å². The molecule has 1 saturated heterocycles. The Kier molecular flexibility index (Phi) is 4.06. The lowest BCUT2D eigenvalue weighted by atomic mass is 10.0. The van der Waals surface area contributed by atoms with Crippen molar-refractivity contribution in [1.29, 1.82) is 0 Å². The van der Waals surface area contributed by atoms with Crippen LogP contribution in [-0.2, 0) is 9.53 Å². The highest BCUT2D eigenvalue weighted by Gasteiger charge is 2.30. The highest BCUT2D eigenvalue weighted by molar-refractivity contribution is 6.33. The van der Waals surface area contributed by atoms with Crippen molar-refractivity contribution in [3.05, 3.63) is 22.7 Å². The smallest absolute Gasteiger partial charge is 0.257 e. The van der Waals surface area contributed by atoms with Crippen LogP contribution in [0.2, 0.25) is 5.02 Å². The standard InChI is InChI=1S/C15H19ClN2O3/c1-18(7-9-3-2-4-21-8-9)13-6-12-10(5-11(13)16)14(19)15(20)17-12/h5-6,9,14,19H,2-4,7-8H2,1H3,(H,17,20). The maximum atomic E-state index is 11.5. The summed E-state index contributed by atoms with van der Waals surface area (Å²) in [5.41, 5.74) is 2.04. The Morgan fingerprint density at radius 2 is 2.33 bits per heavy atom. The first-order chi connectivity index (χ1) is 10.1. The molecule has 1 amide bonds. The summed E-state index contributed by atoms with van der Waals surface area (Å²) < 4.78 is 5.50. The SMILES string of the molecule is CN(CC1CCCOC1)c1cc2c(cc1Cl)C(O)C(=O)N2. The molecule has 21 heavy (non-hydrogen) atoms. The van der Waals surface area contributed by atoms with E-state index in [1.165, 1.54) is 0 Å². The number of nitrogens with zero attached hydrogens (tertiary/aromatic N) is 1. The Balaban J connectivity index is 1.79. The largest absolute Gasteiger partial charge is 0.381 e. The van der Waals surface area contributed by atoms with Gasteiger partial charge in [0.25, 0.3) is 5.91 Å². The predicted octanol–water partition coefficient (Wildman–Crippen LogP) is 2.19. The zero-order valence-corrected chi connectivity index (χ0v) is 12.7. The Hall–Kier alpha value is -1.30. The van der Waals surface area contributed by atoms with Crippen LogP contribution >= 0.6 is 11.6 Å². The molecule has 2 heterocycles. The lowest BCUT2D eigenvalue weighted by Crippen LogP contribution is -2.31. The van der Waals surface area contributed by atoms with Crippen LogP contribution in [0.5, 0.6) is 0 Å². The lowest BCUT2D eigenvalue weighted by molar-refractivity contribution is -0.123. The van der Waals surface area contributed by atoms with E-state index in [4.69, 9.17) is 16.3 Å². The maximum Gasteiger partial charge on any atom is 0.257 e. The first-order valence-electron chi connectivity index (χ1n) is 7.17. The summed E-state index contributed by atoms with van der Waals surface area (Å²) in [5, 5.41) is 13.0. The molecule has 0 aromatic heterocycles. The van der Waals surface area contributed by atoms with Crippen LogP contribution in [0.4, 0.5) is 11.4 Å². The van der Waals surface area contributed by atoms with Crippen LogP contribution in [-0.4, -0.2) is 37.8 Å². The minimum atomic E-state index is -1.12. The second-order valence-corrected chi connectivity index (χ2v) is 6.15. The molecule has 2 atom stereocenters. The molecule has 3 rings (SSSR count). The normalized spacial score (nSPS) is 24.6. The quantitative estimate of drug-likeness (QED) is 0.898. The van der Waals surface area contributed by atoms with E-state index in [-0.39, 0.29) is 0 Å². The number of amides is 1. The average Bonchev–Trinajstić information content (AvgIpc) is 2.74. The summed E-state index contributed by atoms with van der Waals surface area (Å²) in [7, 11) is 1.98. The Labute approximate surface area is 128 Å². The van der Waals surface area contributed by atoms with Gasteiger partial charge in [-0.25, -0.2) is 0 Å². The monoisotopic (exact) mass is 310 g/mol. The van der Waals surface area contributed by atoms with Crippen molar-refractivity contribution in [1.82, 2.24) is 0 Å². The number of nitrogens with one attached hydrogen (secondary N) is 1. The third-order valence-electron chi connectivity index (χ3n) is 4.12. The number of carbonyl (C=O) groups excluding carboxylic acids is 1. The van der Waals surface area contributed by atoms with Crippen LogP contribution in [0.3, 0.4) is 0 Å². The number of aliphatic hydroxyl groups excluding tert-OH is 1. The molecular weight excluding hydrogens is 292 g/mol. The Bertz CT molecular complexity index is 558. The third kappa shape index (κ3) is 2.86. The molecule has 0 aliphatic carbocycles. The van der Waals surface area contributed by atoms with Gasteiger partial charge in [0.15, 0.2) is 6.10 Å². The highest BCUT2D eigenvalue weighted by Crippen LogP contribution is 2.38. The Morgan fingerprint density at radius 3 is 3.05 bits per heavy atom. The minimum Gasteiger partial charge on any atom is -0.381 e. The molecular formula is C15H19ClN2O3. The zero-order chi connectivity index (χ0) is 15.0. The predicted molar refractivity (Wildman–Crippen MR) is 81.9 cm³/mol. The van der Waals surface area contributed by atoms with E-state index in [1.54, 1.807) is 6.07 Å². The molecule has 0 radical (unpaired) electrons. The number of fused-ring (bicyclic) bond motifs is 1. The van der Waals surface area contributed by atoms with Gasteiger partial charge in [0.2, 0.25) is 0 Å². The third-order valence-corrected chi connectivity index (χ3v) is 4.42. The van der Waals surface area contributed by atoms with E-state index in [2.05, 4.69) is 10.2 Å². The number of hydrogen-bond acceptors (Lipinski definition) is 4. The van der Waals surface area contributed by atoms with Gasteiger partial charge >= 0.3 is 0 Å². The molecule has 1 aromatic carbocycles. The summed E-state index contributed by atoms with van der Waals surface area (Å²) in [6.45, 7) is 2.49. The van der Waals surface area contributed by atoms with Gasteiger partial charge < -0.3 is 20.1 Å². The number of hydrogen-bond donors (Lipinski definition) is 2. The second-order valence-electron chi connectivity index (χ2n) is 5.75. The maximum absolute atomic E-state index is 11.5. The van der Waals surface area contributed by atoms with Gasteiger partial charge in [0, 0.05) is 31.5 Å². The fourth-order valence-corrected chi connectivity index (χ4v) is 3.30. The van der Waals surface area contributed by atoms with Crippen LogP contribution in [0.25, 0.3) is 0 Å². The van der Waals surface area contributed by atoms with Gasteiger partial charge in [-0.15, -0.1) is 0 Å². The van der Waals surface area contributed by atoms with Crippen molar-refractivity contribution in [3.8, 4) is 0 Å². The molecule has 1 aromatic rings. The van der Waals surface area contributed by atoms with E-state index in [0.717, 1.165) is 38.3 Å². The van der Waals surface area contributed by atoms with Crippen LogP contribution < -0.4 is 10.2 Å². The number of anilines is 2. The molecule has 2 aliphatic heterocycles. The molecule has 2 N–H and O–H groups in total. The van der Waals surface area contributed by atoms with Gasteiger partial charge in [-0.3, -0.25) is 4.79 Å². The van der Waals surface area contributed by atoms with Gasteiger partial charge in [-0.1, -0.05) is 11.6 Å². The number of carbonyl (C=O) groups is 1. The highest BCUT2D eigenvalue weighted by atomic mass is 35.5. The van der Waals surface area contributed by atoms with Crippen LogP contribution in [0, 0.1) is 5.92 Å². The first-order valence-corrected chi connectivity index (χ1v) is 7.55. The number of benzene rings is 1. The summed E-state index contributed by atoms with van der Waals surface area (Å²) in [4.78, 5) is 13.6. The number of halogens is 1. The fraction of sp³-hybridized carbons (Fsp3) is 0.533. The molecule has 2 unspecified atom stereocenters. The van der Waals surface area contributed by atoms with Crippen molar-refractivity contribution < 1.29 is 14.6 Å². The van der Waals surface area contributed by atoms with E-state index in [0.29, 0.717) is 22.2 Å². The van der Waals surface area contributed by atoms with Crippen LogP contribution in [0.1, 0.15) is 24.5 Å². The molecule has 114 valence electrons. The van der Waals surface area contributed by atoms with Gasteiger partial charge in [0.1, 0.15) is 0 Å². The van der Waals surface area contributed by atoms with Gasteiger partial charge in [0.05, 0.1) is 17.3 Å². The van der Waals surface area contributed by atoms with E-state index in [9.17, 15) is 9.90 Å². The lowest BCUT2D eigenvalue weighted by Gasteiger charge is -2.29. The van der Waals surface area contributed by atoms with E-state index < -0.39 is 12.0 Å². The van der Waals surface area contributed by atoms with Gasteiger partial charge in [-0.05, 0) is 30.9 Å². The fourth-order valence-electron chi connectivity index (χ4n) is 2.98. The van der Waals surface area contributed by atoms with Gasteiger partial charge in [-0.2, -0.15) is 0 Å². The summed E-state index contributed by atoms with van der Waals surface area (Å²) in [5.74, 6) is 0.0924. The molecule has 2 aliphatic rings. The van der Waals surface area contributed by atoms with Crippen LogP contribution in [0.15, 0.2) is 12.1 Å². The van der Waals surface area contributed by atoms with Crippen molar-refractivity contribution in [2.24, 2.45) is 5.92 Å². The summed E-state index contributed by atoms with van der Waals surface area (Å²) >= 11 is 6.31. The second kappa shape index (κ2) is 5.83.